The van der Waals surface area contributed by atoms with Crippen molar-refractivity contribution in [3.8, 4) is 0 Å². The van der Waals surface area contributed by atoms with E-state index >= 15 is 0 Å². The average Bonchev–Trinajstić information content (AvgIpc) is 2.31. The normalized spacial score (nSPS) is 12.3. The van der Waals surface area contributed by atoms with Crippen LogP contribution in [-0.4, -0.2) is 18.5 Å². The number of amides is 1. The molecule has 1 aromatic rings. The number of anilines is 1. The highest BCUT2D eigenvalue weighted by atomic mass is 35.5. The minimum Gasteiger partial charge on any atom is -0.375 e. The molecule has 1 rings (SSSR count). The number of carbonyl (C=O) groups is 1. The van der Waals surface area contributed by atoms with Crippen LogP contribution < -0.4 is 10.6 Å². The highest BCUT2D eigenvalue weighted by Crippen LogP contribution is 2.29. The molecule has 0 fully saturated rings. The zero-order chi connectivity index (χ0) is 13.7. The van der Waals surface area contributed by atoms with E-state index in [0.29, 0.717) is 21.7 Å². The third-order valence-electron chi connectivity index (χ3n) is 2.78. The largest absolute Gasteiger partial charge is 0.375 e. The fraction of sp³-hybridized carbons (Fsp3) is 0.462. The van der Waals surface area contributed by atoms with Crippen molar-refractivity contribution in [1.29, 1.82) is 0 Å². The zero-order valence-corrected chi connectivity index (χ0v) is 12.3. The predicted octanol–water partition coefficient (Wildman–Crippen LogP) is 3.57. The fourth-order valence-corrected chi connectivity index (χ4v) is 1.65. The smallest absolute Gasteiger partial charge is 0.239 e. The third kappa shape index (κ3) is 4.39. The number of benzene rings is 1. The molecule has 0 heterocycles. The fourth-order valence-electron chi connectivity index (χ4n) is 1.29. The summed E-state index contributed by atoms with van der Waals surface area (Å²) in [5.74, 6) is 0.343. The van der Waals surface area contributed by atoms with E-state index in [1.807, 2.05) is 6.92 Å². The van der Waals surface area contributed by atoms with Crippen molar-refractivity contribution in [2.45, 2.75) is 26.8 Å². The van der Waals surface area contributed by atoms with Gasteiger partial charge < -0.3 is 10.6 Å². The number of hydrogen-bond donors (Lipinski definition) is 2. The van der Waals surface area contributed by atoms with E-state index < -0.39 is 0 Å². The van der Waals surface area contributed by atoms with Gasteiger partial charge in [-0.3, -0.25) is 4.79 Å². The number of nitrogens with one attached hydrogen (secondary N) is 2. The first-order chi connectivity index (χ1) is 8.41. The summed E-state index contributed by atoms with van der Waals surface area (Å²) in [7, 11) is 0. The van der Waals surface area contributed by atoms with Crippen molar-refractivity contribution in [2.75, 3.05) is 11.9 Å². The van der Waals surface area contributed by atoms with Gasteiger partial charge in [-0.15, -0.1) is 0 Å². The second kappa shape index (κ2) is 6.86. The van der Waals surface area contributed by atoms with E-state index in [1.54, 1.807) is 18.2 Å². The lowest BCUT2D eigenvalue weighted by Crippen LogP contribution is -2.39. The van der Waals surface area contributed by atoms with Gasteiger partial charge in [0.1, 0.15) is 0 Å². The molecule has 3 nitrogen and oxygen atoms in total. The van der Waals surface area contributed by atoms with Crippen LogP contribution in [0.5, 0.6) is 0 Å². The lowest BCUT2D eigenvalue weighted by atomic mass is 10.1. The van der Waals surface area contributed by atoms with Gasteiger partial charge in [0.15, 0.2) is 0 Å². The van der Waals surface area contributed by atoms with Gasteiger partial charge in [-0.25, -0.2) is 0 Å². The first-order valence-corrected chi connectivity index (χ1v) is 6.64. The van der Waals surface area contributed by atoms with Gasteiger partial charge in [0.05, 0.1) is 22.3 Å². The molecule has 1 amide bonds. The molecule has 1 unspecified atom stereocenters. The van der Waals surface area contributed by atoms with Crippen LogP contribution in [0.25, 0.3) is 0 Å². The van der Waals surface area contributed by atoms with E-state index in [-0.39, 0.29) is 18.5 Å². The molecule has 1 aromatic carbocycles. The van der Waals surface area contributed by atoms with Crippen LogP contribution in [0.3, 0.4) is 0 Å². The molecule has 0 aliphatic heterocycles. The quantitative estimate of drug-likeness (QED) is 0.870. The van der Waals surface area contributed by atoms with Gasteiger partial charge in [0.25, 0.3) is 0 Å². The van der Waals surface area contributed by atoms with Crippen LogP contribution in [0.2, 0.25) is 10.0 Å². The topological polar surface area (TPSA) is 41.1 Å². The van der Waals surface area contributed by atoms with Crippen molar-refractivity contribution < 1.29 is 4.79 Å². The van der Waals surface area contributed by atoms with Crippen molar-refractivity contribution in [1.82, 2.24) is 5.32 Å². The Morgan fingerprint density at radius 1 is 1.28 bits per heavy atom. The maximum absolute atomic E-state index is 11.7. The van der Waals surface area contributed by atoms with E-state index in [9.17, 15) is 4.79 Å². The van der Waals surface area contributed by atoms with Crippen LogP contribution in [0, 0.1) is 5.92 Å². The van der Waals surface area contributed by atoms with Crippen molar-refractivity contribution in [3.63, 3.8) is 0 Å². The Hall–Kier alpha value is -0.930. The summed E-state index contributed by atoms with van der Waals surface area (Å²) in [6, 6.07) is 5.42. The molecular formula is C13H18Cl2N2O. The summed E-state index contributed by atoms with van der Waals surface area (Å²) in [4.78, 5) is 11.7. The van der Waals surface area contributed by atoms with Gasteiger partial charge in [0, 0.05) is 6.04 Å². The first-order valence-electron chi connectivity index (χ1n) is 5.89. The Bertz CT molecular complexity index is 421. The van der Waals surface area contributed by atoms with E-state index in [1.165, 1.54) is 0 Å². The minimum atomic E-state index is -0.0627. The third-order valence-corrected chi connectivity index (χ3v) is 3.60. The maximum Gasteiger partial charge on any atom is 0.239 e. The highest BCUT2D eigenvalue weighted by Gasteiger charge is 2.11. The molecule has 0 radical (unpaired) electrons. The Kier molecular flexibility index (Phi) is 5.76. The van der Waals surface area contributed by atoms with Crippen LogP contribution in [0.4, 0.5) is 5.69 Å². The Morgan fingerprint density at radius 3 is 2.56 bits per heavy atom. The summed E-state index contributed by atoms with van der Waals surface area (Å²) in [5.41, 5.74) is 0.663. The summed E-state index contributed by atoms with van der Waals surface area (Å²) in [5, 5.41) is 6.78. The molecule has 18 heavy (non-hydrogen) atoms. The summed E-state index contributed by atoms with van der Waals surface area (Å²) in [6.07, 6.45) is 0. The standard InChI is InChI=1S/C13H18Cl2N2O/c1-8(2)9(3)17-12(18)7-16-11-6-4-5-10(14)13(11)15/h4-6,8-9,16H,7H2,1-3H3,(H,17,18). The van der Waals surface area contributed by atoms with E-state index in [2.05, 4.69) is 24.5 Å². The molecule has 100 valence electrons. The number of rotatable bonds is 5. The lowest BCUT2D eigenvalue weighted by Gasteiger charge is -2.18. The van der Waals surface area contributed by atoms with E-state index in [0.717, 1.165) is 0 Å². The second-order valence-corrected chi connectivity index (χ2v) is 5.34. The van der Waals surface area contributed by atoms with Crippen LogP contribution in [0.15, 0.2) is 18.2 Å². The minimum absolute atomic E-state index is 0.0627. The molecule has 0 bridgehead atoms. The lowest BCUT2D eigenvalue weighted by molar-refractivity contribution is -0.120. The van der Waals surface area contributed by atoms with Gasteiger partial charge in [-0.1, -0.05) is 43.1 Å². The predicted molar refractivity (Wildman–Crippen MR) is 77.4 cm³/mol. The van der Waals surface area contributed by atoms with Crippen molar-refractivity contribution in [2.24, 2.45) is 5.92 Å². The molecule has 0 saturated heterocycles. The molecule has 2 N–H and O–H groups in total. The van der Waals surface area contributed by atoms with E-state index in [4.69, 9.17) is 23.2 Å². The van der Waals surface area contributed by atoms with Gasteiger partial charge in [-0.05, 0) is 25.0 Å². The van der Waals surface area contributed by atoms with Gasteiger partial charge >= 0.3 is 0 Å². The Morgan fingerprint density at radius 2 is 1.94 bits per heavy atom. The Balaban J connectivity index is 2.50. The van der Waals surface area contributed by atoms with Gasteiger partial charge in [0.2, 0.25) is 5.91 Å². The molecule has 1 atom stereocenters. The molecule has 0 saturated carbocycles. The maximum atomic E-state index is 11.7. The number of carbonyl (C=O) groups excluding carboxylic acids is 1. The molecule has 5 heteroatoms. The molecule has 0 aliphatic rings. The molecule has 0 aromatic heterocycles. The first kappa shape index (κ1) is 15.1. The summed E-state index contributed by atoms with van der Waals surface area (Å²) in [6.45, 7) is 6.28. The Labute approximate surface area is 118 Å². The number of halogens is 2. The molecule has 0 aliphatic carbocycles. The zero-order valence-electron chi connectivity index (χ0n) is 10.8. The van der Waals surface area contributed by atoms with Crippen LogP contribution in [-0.2, 0) is 4.79 Å². The van der Waals surface area contributed by atoms with Crippen LogP contribution >= 0.6 is 23.2 Å². The van der Waals surface area contributed by atoms with Crippen LogP contribution in [0.1, 0.15) is 20.8 Å². The van der Waals surface area contributed by atoms with Crippen molar-refractivity contribution in [3.05, 3.63) is 28.2 Å². The monoisotopic (exact) mass is 288 g/mol. The SMILES string of the molecule is CC(C)C(C)NC(=O)CNc1cccc(Cl)c1Cl. The molecule has 0 spiro atoms. The summed E-state index contributed by atoms with van der Waals surface area (Å²) < 4.78 is 0. The van der Waals surface area contributed by atoms with Gasteiger partial charge in [-0.2, -0.15) is 0 Å². The van der Waals surface area contributed by atoms with Crippen molar-refractivity contribution >= 4 is 34.8 Å². The number of hydrogen-bond acceptors (Lipinski definition) is 2. The average molecular weight is 289 g/mol. The summed E-state index contributed by atoms with van der Waals surface area (Å²) >= 11 is 11.9. The molecular weight excluding hydrogens is 271 g/mol. The second-order valence-electron chi connectivity index (χ2n) is 4.56. The highest BCUT2D eigenvalue weighted by molar-refractivity contribution is 6.43.